The number of nitrogens with one attached hydrogen (secondary N) is 2. The molecule has 2 aromatic heterocycles. The van der Waals surface area contributed by atoms with Crippen molar-refractivity contribution in [3.8, 4) is 11.5 Å². The predicted octanol–water partition coefficient (Wildman–Crippen LogP) is 6.30. The molecule has 0 saturated heterocycles. The number of benzene rings is 3. The van der Waals surface area contributed by atoms with Crippen LogP contribution >= 0.6 is 0 Å². The Morgan fingerprint density at radius 1 is 0.729 bits per heavy atom. The van der Waals surface area contributed by atoms with Crippen molar-refractivity contribution < 1.29 is 32.2 Å². The number of nitrogens with zero attached hydrogens (tertiary/aromatic N) is 4. The van der Waals surface area contributed by atoms with Gasteiger partial charge in [-0.1, -0.05) is 24.3 Å². The lowest BCUT2D eigenvalue weighted by atomic mass is 10.1. The fourth-order valence-electron chi connectivity index (χ4n) is 4.64. The molecule has 10 nitrogen and oxygen atoms in total. The number of pyridine rings is 1. The van der Waals surface area contributed by atoms with Crippen molar-refractivity contribution in [1.82, 2.24) is 20.3 Å². The van der Waals surface area contributed by atoms with Crippen LogP contribution in [0.5, 0.6) is 11.5 Å². The highest BCUT2D eigenvalue weighted by Gasteiger charge is 2.31. The zero-order valence-electron chi connectivity index (χ0n) is 26.0. The number of methoxy groups -OCH3 is 2. The second-order valence-corrected chi connectivity index (χ2v) is 10.5. The molecule has 5 aromatic rings. The minimum atomic E-state index is -4.57. The van der Waals surface area contributed by atoms with Gasteiger partial charge in [0.2, 0.25) is 5.95 Å². The smallest absolute Gasteiger partial charge is 0.416 e. The monoisotopic (exact) mass is 656 g/mol. The number of ether oxygens (including phenoxy) is 2. The summed E-state index contributed by atoms with van der Waals surface area (Å²) in [7, 11) is 3.23. The standard InChI is InChI=1S/C35H31F3N6O4/c1-47-29-11-3-23(4-12-29)21-44(22-24-5-13-30(48-2)14-6-24)34-40-18-16-28(42-34)20-41-32(45)25-7-9-26(10-8-25)33(46)43-31-19-27(15-17-39-31)35(36,37)38/h3-19H,20-22H2,1-2H3,(H,41,45)(H,39,43,46). The third-order valence-corrected chi connectivity index (χ3v) is 7.22. The molecule has 3 aromatic carbocycles. The number of carbonyl (C=O) groups excluding carboxylic acids is 2. The van der Waals surface area contributed by atoms with E-state index in [-0.39, 0.29) is 23.5 Å². The molecule has 0 spiro atoms. The first-order valence-corrected chi connectivity index (χ1v) is 14.7. The van der Waals surface area contributed by atoms with Crippen LogP contribution in [0, 0.1) is 0 Å². The molecule has 0 bridgehead atoms. The fourth-order valence-corrected chi connectivity index (χ4v) is 4.64. The molecule has 0 fully saturated rings. The Labute approximate surface area is 274 Å². The van der Waals surface area contributed by atoms with Crippen LogP contribution in [0.1, 0.15) is 43.1 Å². The van der Waals surface area contributed by atoms with Gasteiger partial charge in [-0.2, -0.15) is 13.2 Å². The summed E-state index contributed by atoms with van der Waals surface area (Å²) in [6.45, 7) is 1.13. The van der Waals surface area contributed by atoms with Crippen LogP contribution in [0.25, 0.3) is 0 Å². The van der Waals surface area contributed by atoms with Crippen molar-refractivity contribution in [1.29, 1.82) is 0 Å². The van der Waals surface area contributed by atoms with Crippen molar-refractivity contribution in [2.75, 3.05) is 24.4 Å². The van der Waals surface area contributed by atoms with Gasteiger partial charge < -0.3 is 25.0 Å². The molecular formula is C35H31F3N6O4. The Morgan fingerprint density at radius 2 is 1.27 bits per heavy atom. The highest BCUT2D eigenvalue weighted by Crippen LogP contribution is 2.30. The Balaban J connectivity index is 1.24. The zero-order chi connectivity index (χ0) is 34.1. The van der Waals surface area contributed by atoms with Crippen molar-refractivity contribution in [3.63, 3.8) is 0 Å². The maximum absolute atomic E-state index is 13.0. The third kappa shape index (κ3) is 8.84. The first-order valence-electron chi connectivity index (χ1n) is 14.7. The molecule has 13 heteroatoms. The number of hydrogen-bond acceptors (Lipinski definition) is 8. The first kappa shape index (κ1) is 33.4. The highest BCUT2D eigenvalue weighted by molar-refractivity contribution is 6.04. The van der Waals surface area contributed by atoms with E-state index < -0.39 is 23.6 Å². The first-order chi connectivity index (χ1) is 23.1. The Bertz CT molecular complexity index is 1800. The summed E-state index contributed by atoms with van der Waals surface area (Å²) in [6.07, 6.45) is -1.98. The number of amides is 2. The van der Waals surface area contributed by atoms with Gasteiger partial charge in [-0.3, -0.25) is 9.59 Å². The molecule has 0 atom stereocenters. The summed E-state index contributed by atoms with van der Waals surface area (Å²) in [5.41, 5.74) is 2.11. The molecule has 0 aliphatic carbocycles. The number of carbonyl (C=O) groups is 2. The molecule has 0 aliphatic rings. The van der Waals surface area contributed by atoms with E-state index in [0.29, 0.717) is 24.7 Å². The number of alkyl halides is 3. The molecular weight excluding hydrogens is 625 g/mol. The van der Waals surface area contributed by atoms with Gasteiger partial charge in [0.05, 0.1) is 32.0 Å². The molecule has 2 amide bonds. The molecule has 48 heavy (non-hydrogen) atoms. The average Bonchev–Trinajstić information content (AvgIpc) is 3.11. The molecule has 0 radical (unpaired) electrons. The number of halogens is 3. The van der Waals surface area contributed by atoms with Gasteiger partial charge in [-0.05, 0) is 77.9 Å². The van der Waals surface area contributed by atoms with Crippen LogP contribution in [0.4, 0.5) is 24.9 Å². The number of aromatic nitrogens is 3. The van der Waals surface area contributed by atoms with E-state index in [9.17, 15) is 22.8 Å². The SMILES string of the molecule is COc1ccc(CN(Cc2ccc(OC)cc2)c2nccc(CNC(=O)c3ccc(C(=O)Nc4cc(C(F)(F)F)ccn4)cc3)n2)cc1. The van der Waals surface area contributed by atoms with Crippen molar-refractivity contribution >= 4 is 23.6 Å². The van der Waals surface area contributed by atoms with Gasteiger partial charge in [-0.25, -0.2) is 15.0 Å². The summed E-state index contributed by atoms with van der Waals surface area (Å²) in [5.74, 6) is 0.650. The largest absolute Gasteiger partial charge is 0.497 e. The predicted molar refractivity (Wildman–Crippen MR) is 173 cm³/mol. The van der Waals surface area contributed by atoms with Crippen molar-refractivity contribution in [3.05, 3.63) is 137 Å². The lowest BCUT2D eigenvalue weighted by molar-refractivity contribution is -0.137. The minimum Gasteiger partial charge on any atom is -0.497 e. The molecule has 2 N–H and O–H groups in total. The average molecular weight is 657 g/mol. The second-order valence-electron chi connectivity index (χ2n) is 10.5. The summed E-state index contributed by atoms with van der Waals surface area (Å²) in [4.78, 5) is 40.5. The molecule has 2 heterocycles. The van der Waals surface area contributed by atoms with Gasteiger partial charge in [-0.15, -0.1) is 0 Å². The van der Waals surface area contributed by atoms with Crippen molar-refractivity contribution in [2.24, 2.45) is 0 Å². The lowest BCUT2D eigenvalue weighted by Gasteiger charge is -2.23. The Hall–Kier alpha value is -5.98. The van der Waals surface area contributed by atoms with Crippen LogP contribution < -0.4 is 25.0 Å². The van der Waals surface area contributed by atoms with E-state index in [2.05, 4.69) is 20.6 Å². The van der Waals surface area contributed by atoms with E-state index >= 15 is 0 Å². The Kier molecular flexibility index (Phi) is 10.5. The van der Waals surface area contributed by atoms with Crippen LogP contribution in [0.2, 0.25) is 0 Å². The van der Waals surface area contributed by atoms with E-state index in [4.69, 9.17) is 14.5 Å². The number of hydrogen-bond donors (Lipinski definition) is 2. The second kappa shape index (κ2) is 15.1. The van der Waals surface area contributed by atoms with E-state index in [1.54, 1.807) is 26.5 Å². The van der Waals surface area contributed by atoms with Crippen LogP contribution in [-0.4, -0.2) is 41.0 Å². The molecule has 5 rings (SSSR count). The van der Waals surface area contributed by atoms with Gasteiger partial charge in [0.1, 0.15) is 17.3 Å². The fraction of sp³-hybridized carbons (Fsp3) is 0.171. The lowest BCUT2D eigenvalue weighted by Crippen LogP contribution is -2.26. The molecule has 0 aliphatic heterocycles. The van der Waals surface area contributed by atoms with Crippen LogP contribution in [0.15, 0.2) is 103 Å². The topological polar surface area (TPSA) is 119 Å². The summed E-state index contributed by atoms with van der Waals surface area (Å²) in [6, 6.07) is 24.4. The maximum Gasteiger partial charge on any atom is 0.416 e. The summed E-state index contributed by atoms with van der Waals surface area (Å²) < 4.78 is 49.5. The van der Waals surface area contributed by atoms with E-state index in [1.165, 1.54) is 24.3 Å². The molecule has 246 valence electrons. The van der Waals surface area contributed by atoms with Crippen LogP contribution in [-0.2, 0) is 25.8 Å². The highest BCUT2D eigenvalue weighted by atomic mass is 19.4. The number of anilines is 2. The Morgan fingerprint density at radius 3 is 1.81 bits per heavy atom. The summed E-state index contributed by atoms with van der Waals surface area (Å²) >= 11 is 0. The third-order valence-electron chi connectivity index (χ3n) is 7.22. The zero-order valence-corrected chi connectivity index (χ0v) is 26.0. The van der Waals surface area contributed by atoms with Gasteiger partial charge in [0.15, 0.2) is 0 Å². The molecule has 0 unspecified atom stereocenters. The minimum absolute atomic E-state index is 0.108. The van der Waals surface area contributed by atoms with Gasteiger partial charge in [0, 0.05) is 36.6 Å². The maximum atomic E-state index is 13.0. The number of rotatable bonds is 12. The quantitative estimate of drug-likeness (QED) is 0.161. The molecule has 0 saturated carbocycles. The van der Waals surface area contributed by atoms with Gasteiger partial charge in [0.25, 0.3) is 11.8 Å². The van der Waals surface area contributed by atoms with Gasteiger partial charge >= 0.3 is 6.18 Å². The summed E-state index contributed by atoms with van der Waals surface area (Å²) in [5, 5.41) is 5.16. The van der Waals surface area contributed by atoms with Crippen molar-refractivity contribution in [2.45, 2.75) is 25.8 Å². The van der Waals surface area contributed by atoms with Crippen LogP contribution in [0.3, 0.4) is 0 Å². The van der Waals surface area contributed by atoms with E-state index in [0.717, 1.165) is 41.0 Å². The normalized spacial score (nSPS) is 11.0. The van der Waals surface area contributed by atoms with E-state index in [1.807, 2.05) is 53.4 Å².